The van der Waals surface area contributed by atoms with Gasteiger partial charge in [0.15, 0.2) is 5.13 Å². The number of nitrogens with one attached hydrogen (secondary N) is 2. The molecule has 0 bridgehead atoms. The van der Waals surface area contributed by atoms with Crippen LogP contribution in [0.5, 0.6) is 0 Å². The van der Waals surface area contributed by atoms with Crippen molar-refractivity contribution in [1.29, 1.82) is 0 Å². The van der Waals surface area contributed by atoms with Gasteiger partial charge in [0.1, 0.15) is 5.69 Å². The van der Waals surface area contributed by atoms with Crippen LogP contribution >= 0.6 is 11.3 Å². The summed E-state index contributed by atoms with van der Waals surface area (Å²) in [5, 5.41) is 3.27. The Morgan fingerprint density at radius 2 is 1.85 bits per heavy atom. The van der Waals surface area contributed by atoms with Gasteiger partial charge in [-0.05, 0) is 37.4 Å². The second kappa shape index (κ2) is 9.32. The van der Waals surface area contributed by atoms with Gasteiger partial charge < -0.3 is 20.1 Å². The van der Waals surface area contributed by atoms with Crippen molar-refractivity contribution in [3.63, 3.8) is 0 Å². The molecule has 3 heterocycles. The number of nitrogens with zero attached hydrogens (tertiary/aromatic N) is 4. The van der Waals surface area contributed by atoms with E-state index >= 15 is 0 Å². The van der Waals surface area contributed by atoms with Crippen molar-refractivity contribution < 1.29 is 9.59 Å². The lowest BCUT2D eigenvalue weighted by Crippen LogP contribution is -2.47. The Labute approximate surface area is 199 Å². The molecule has 9 nitrogen and oxygen atoms in total. The van der Waals surface area contributed by atoms with E-state index in [9.17, 15) is 14.4 Å². The van der Waals surface area contributed by atoms with Crippen LogP contribution in [-0.2, 0) is 11.2 Å². The van der Waals surface area contributed by atoms with Crippen LogP contribution in [-0.4, -0.2) is 69.8 Å². The summed E-state index contributed by atoms with van der Waals surface area (Å²) in [4.78, 5) is 53.3. The molecule has 2 amide bonds. The molecule has 4 aromatic rings. The second-order valence-corrected chi connectivity index (χ2v) is 9.41. The molecule has 174 valence electrons. The normalized spacial score (nSPS) is 14.6. The van der Waals surface area contributed by atoms with E-state index in [0.717, 1.165) is 23.3 Å². The number of H-pyrrole nitrogens is 1. The zero-order valence-electron chi connectivity index (χ0n) is 18.7. The Bertz CT molecular complexity index is 1440. The van der Waals surface area contributed by atoms with E-state index < -0.39 is 0 Å². The maximum Gasteiger partial charge on any atom is 0.270 e. The Hall–Kier alpha value is -3.63. The molecular weight excluding hydrogens is 452 g/mol. The average Bonchev–Trinajstić information content (AvgIpc) is 3.24. The van der Waals surface area contributed by atoms with Gasteiger partial charge in [-0.3, -0.25) is 14.4 Å². The second-order valence-electron chi connectivity index (χ2n) is 8.37. The molecule has 0 unspecified atom stereocenters. The molecule has 0 radical (unpaired) electrons. The fourth-order valence-corrected chi connectivity index (χ4v) is 4.88. The monoisotopic (exact) mass is 476 g/mol. The molecule has 0 aliphatic carbocycles. The number of amides is 2. The van der Waals surface area contributed by atoms with Crippen LogP contribution in [0.4, 0.5) is 5.13 Å². The minimum Gasteiger partial charge on any atom is -0.336 e. The number of thiazole rings is 1. The number of hydrogen-bond donors (Lipinski definition) is 2. The van der Waals surface area contributed by atoms with Crippen LogP contribution in [0.3, 0.4) is 0 Å². The lowest BCUT2D eigenvalue weighted by molar-refractivity contribution is -0.116. The van der Waals surface area contributed by atoms with Crippen LogP contribution in [0.2, 0.25) is 0 Å². The molecule has 34 heavy (non-hydrogen) atoms. The number of fused-ring (bicyclic) bond motifs is 2. The Morgan fingerprint density at radius 1 is 1.06 bits per heavy atom. The maximum atomic E-state index is 12.9. The smallest absolute Gasteiger partial charge is 0.270 e. The average molecular weight is 477 g/mol. The van der Waals surface area contributed by atoms with Crippen molar-refractivity contribution in [2.45, 2.75) is 12.8 Å². The van der Waals surface area contributed by atoms with Crippen molar-refractivity contribution >= 4 is 49.5 Å². The van der Waals surface area contributed by atoms with E-state index in [1.165, 1.54) is 11.3 Å². The number of hydrogen-bond acceptors (Lipinski definition) is 7. The summed E-state index contributed by atoms with van der Waals surface area (Å²) >= 11 is 1.33. The van der Waals surface area contributed by atoms with Crippen LogP contribution in [0.15, 0.2) is 47.3 Å². The number of aryl methyl sites for hydroxylation is 1. The van der Waals surface area contributed by atoms with Crippen molar-refractivity contribution in [2.24, 2.45) is 0 Å². The summed E-state index contributed by atoms with van der Waals surface area (Å²) in [5.41, 5.74) is 2.74. The van der Waals surface area contributed by atoms with Crippen molar-refractivity contribution in [3.05, 3.63) is 64.1 Å². The predicted octanol–water partition coefficient (Wildman–Crippen LogP) is 2.49. The molecule has 0 spiro atoms. The third-order valence-electron chi connectivity index (χ3n) is 5.93. The fraction of sp³-hybridized carbons (Fsp3) is 0.292. The van der Waals surface area contributed by atoms with Crippen molar-refractivity contribution in [2.75, 3.05) is 38.5 Å². The molecule has 5 rings (SSSR count). The molecule has 1 fully saturated rings. The summed E-state index contributed by atoms with van der Waals surface area (Å²) in [6.07, 6.45) is 0.331. The maximum absolute atomic E-state index is 12.9. The first-order chi connectivity index (χ1) is 16.5. The van der Waals surface area contributed by atoms with Gasteiger partial charge in [0.2, 0.25) is 5.91 Å². The fourth-order valence-electron chi connectivity index (χ4n) is 3.95. The Balaban J connectivity index is 1.24. The number of carbonyl (C=O) groups excluding carboxylic acids is 2. The molecule has 1 aliphatic heterocycles. The number of aromatic amines is 1. The molecular formula is C24H24N6O3S. The van der Waals surface area contributed by atoms with Gasteiger partial charge in [-0.15, -0.1) is 0 Å². The van der Waals surface area contributed by atoms with Gasteiger partial charge in [0, 0.05) is 44.6 Å². The summed E-state index contributed by atoms with van der Waals surface area (Å²) in [7, 11) is 2.05. The van der Waals surface area contributed by atoms with Gasteiger partial charge in [-0.2, -0.15) is 0 Å². The SMILES string of the molecule is CN1CCN(C(=O)c2ccc3nc(NC(=O)CCc4nc5ccccc5[nH]c4=O)sc3c2)CC1. The molecule has 0 saturated carbocycles. The summed E-state index contributed by atoms with van der Waals surface area (Å²) < 4.78 is 0.836. The lowest BCUT2D eigenvalue weighted by Gasteiger charge is -2.32. The van der Waals surface area contributed by atoms with E-state index in [4.69, 9.17) is 0 Å². The lowest BCUT2D eigenvalue weighted by atomic mass is 10.1. The van der Waals surface area contributed by atoms with Gasteiger partial charge >= 0.3 is 0 Å². The number of benzene rings is 2. The first-order valence-electron chi connectivity index (χ1n) is 11.1. The molecule has 2 aromatic carbocycles. The Morgan fingerprint density at radius 3 is 2.68 bits per heavy atom. The van der Waals surface area contributed by atoms with Gasteiger partial charge in [-0.25, -0.2) is 9.97 Å². The van der Waals surface area contributed by atoms with Crippen molar-refractivity contribution in [3.8, 4) is 0 Å². The standard InChI is InChI=1S/C24H24N6O3S/c1-29-10-12-30(13-11-29)23(33)15-6-7-18-20(14-15)34-24(27-18)28-21(31)9-8-19-22(32)26-17-5-3-2-4-16(17)25-19/h2-7,14H,8-13H2,1H3,(H,26,32)(H,27,28,31). The third-order valence-corrected chi connectivity index (χ3v) is 6.86. The van der Waals surface area contributed by atoms with E-state index in [1.54, 1.807) is 12.1 Å². The highest BCUT2D eigenvalue weighted by Crippen LogP contribution is 2.27. The number of anilines is 1. The van der Waals surface area contributed by atoms with Crippen LogP contribution in [0.25, 0.3) is 21.3 Å². The highest BCUT2D eigenvalue weighted by molar-refractivity contribution is 7.22. The summed E-state index contributed by atoms with van der Waals surface area (Å²) in [5.74, 6) is -0.232. The topological polar surface area (TPSA) is 111 Å². The highest BCUT2D eigenvalue weighted by atomic mass is 32.1. The molecule has 0 atom stereocenters. The van der Waals surface area contributed by atoms with Crippen LogP contribution in [0, 0.1) is 0 Å². The number of aromatic nitrogens is 3. The largest absolute Gasteiger partial charge is 0.336 e. The third kappa shape index (κ3) is 4.68. The number of carbonyl (C=O) groups is 2. The predicted molar refractivity (Wildman–Crippen MR) is 132 cm³/mol. The van der Waals surface area contributed by atoms with Gasteiger partial charge in [0.25, 0.3) is 11.5 Å². The van der Waals surface area contributed by atoms with E-state index in [2.05, 4.69) is 32.2 Å². The number of rotatable bonds is 5. The van der Waals surface area contributed by atoms with Crippen LogP contribution in [0.1, 0.15) is 22.5 Å². The summed E-state index contributed by atoms with van der Waals surface area (Å²) in [6, 6.07) is 12.7. The number of piperazine rings is 1. The van der Waals surface area contributed by atoms with Crippen molar-refractivity contribution in [1.82, 2.24) is 24.8 Å². The zero-order chi connectivity index (χ0) is 23.7. The minimum atomic E-state index is -0.288. The number of likely N-dealkylation sites (N-methyl/N-ethyl adjacent to an activating group) is 1. The first kappa shape index (κ1) is 22.2. The van der Waals surface area contributed by atoms with E-state index in [-0.39, 0.29) is 30.2 Å². The minimum absolute atomic E-state index is 0.0158. The highest BCUT2D eigenvalue weighted by Gasteiger charge is 2.21. The Kier molecular flexibility index (Phi) is 6.08. The molecule has 1 aliphatic rings. The zero-order valence-corrected chi connectivity index (χ0v) is 19.5. The molecule has 1 saturated heterocycles. The summed E-state index contributed by atoms with van der Waals surface area (Å²) in [6.45, 7) is 3.16. The van der Waals surface area contributed by atoms with Gasteiger partial charge in [-0.1, -0.05) is 23.5 Å². The quantitative estimate of drug-likeness (QED) is 0.458. The molecule has 10 heteroatoms. The van der Waals surface area contributed by atoms with E-state index in [1.807, 2.05) is 35.2 Å². The first-order valence-corrected chi connectivity index (χ1v) is 11.9. The molecule has 2 aromatic heterocycles. The van der Waals surface area contributed by atoms with E-state index in [0.29, 0.717) is 40.5 Å². The van der Waals surface area contributed by atoms with Crippen LogP contribution < -0.4 is 10.9 Å². The molecule has 2 N–H and O–H groups in total. The number of para-hydroxylation sites is 2. The van der Waals surface area contributed by atoms with Gasteiger partial charge in [0.05, 0.1) is 21.3 Å².